The van der Waals surface area contributed by atoms with Crippen LogP contribution in [0.4, 0.5) is 0 Å². The Morgan fingerprint density at radius 3 is 2.86 bits per heavy atom. The number of rotatable bonds is 4. The molecule has 0 atom stereocenters. The smallest absolute Gasteiger partial charge is 0.220 e. The van der Waals surface area contributed by atoms with Crippen LogP contribution in [0.25, 0.3) is 0 Å². The maximum absolute atomic E-state index is 11.3. The minimum Gasteiger partial charge on any atom is -0.354 e. The molecule has 2 nitrogen and oxygen atoms in total. The summed E-state index contributed by atoms with van der Waals surface area (Å²) in [6.07, 6.45) is 10.3. The quantitative estimate of drug-likeness (QED) is 0.730. The van der Waals surface area contributed by atoms with Crippen molar-refractivity contribution in [1.29, 1.82) is 0 Å². The summed E-state index contributed by atoms with van der Waals surface area (Å²) < 4.78 is 0. The molecule has 0 saturated heterocycles. The number of nitrogens with one attached hydrogen (secondary N) is 1. The van der Waals surface area contributed by atoms with Crippen molar-refractivity contribution in [3.8, 4) is 0 Å². The second kappa shape index (κ2) is 5.63. The van der Waals surface area contributed by atoms with E-state index in [0.717, 1.165) is 19.3 Å². The topological polar surface area (TPSA) is 29.1 Å². The summed E-state index contributed by atoms with van der Waals surface area (Å²) in [5, 5.41) is 2.89. The van der Waals surface area contributed by atoms with Gasteiger partial charge in [0.05, 0.1) is 0 Å². The zero-order valence-electron chi connectivity index (χ0n) is 9.05. The van der Waals surface area contributed by atoms with Gasteiger partial charge in [-0.15, -0.1) is 0 Å². The molecule has 1 amide bonds. The van der Waals surface area contributed by atoms with Crippen LogP contribution in [-0.4, -0.2) is 11.9 Å². The minimum absolute atomic E-state index is 0.153. The van der Waals surface area contributed by atoms with E-state index in [9.17, 15) is 4.79 Å². The van der Waals surface area contributed by atoms with Gasteiger partial charge >= 0.3 is 0 Å². The van der Waals surface area contributed by atoms with Crippen molar-refractivity contribution in [1.82, 2.24) is 5.32 Å². The van der Waals surface area contributed by atoms with Crippen LogP contribution in [0.3, 0.4) is 0 Å². The first kappa shape index (κ1) is 11.0. The number of carbonyl (C=O) groups excluding carboxylic acids is 1. The standard InChI is InChI=1S/C12H19NO/c1-10(2)13-12(14)9-8-11-6-4-3-5-7-11/h4,6-7,10H,3,5,8-9H2,1-2H3,(H,13,14). The van der Waals surface area contributed by atoms with E-state index in [1.807, 2.05) is 13.8 Å². The molecule has 0 unspecified atom stereocenters. The maximum atomic E-state index is 11.3. The number of carbonyl (C=O) groups is 1. The molecule has 0 bridgehead atoms. The highest BCUT2D eigenvalue weighted by Gasteiger charge is 2.04. The van der Waals surface area contributed by atoms with Gasteiger partial charge in [-0.1, -0.05) is 23.8 Å². The Bertz CT molecular complexity index is 251. The molecule has 0 aromatic rings. The summed E-state index contributed by atoms with van der Waals surface area (Å²) in [6.45, 7) is 3.97. The molecule has 78 valence electrons. The Labute approximate surface area is 86.1 Å². The molecule has 1 aliphatic carbocycles. The Morgan fingerprint density at radius 2 is 2.29 bits per heavy atom. The average Bonchev–Trinajstić information content (AvgIpc) is 2.15. The van der Waals surface area contributed by atoms with E-state index in [-0.39, 0.29) is 11.9 Å². The third-order valence-electron chi connectivity index (χ3n) is 2.16. The Morgan fingerprint density at radius 1 is 1.50 bits per heavy atom. The molecule has 1 N–H and O–H groups in total. The molecule has 0 saturated carbocycles. The van der Waals surface area contributed by atoms with Crippen LogP contribution in [0, 0.1) is 0 Å². The van der Waals surface area contributed by atoms with Crippen molar-refractivity contribution in [2.24, 2.45) is 0 Å². The monoisotopic (exact) mass is 193 g/mol. The van der Waals surface area contributed by atoms with Crippen molar-refractivity contribution >= 4 is 5.91 Å². The van der Waals surface area contributed by atoms with Crippen LogP contribution in [0.1, 0.15) is 39.5 Å². The van der Waals surface area contributed by atoms with Crippen LogP contribution in [0.15, 0.2) is 23.8 Å². The molecule has 14 heavy (non-hydrogen) atoms. The van der Waals surface area contributed by atoms with Gasteiger partial charge in [-0.25, -0.2) is 0 Å². The average molecular weight is 193 g/mol. The largest absolute Gasteiger partial charge is 0.354 e. The molecule has 0 aliphatic heterocycles. The van der Waals surface area contributed by atoms with Crippen molar-refractivity contribution < 1.29 is 4.79 Å². The van der Waals surface area contributed by atoms with Gasteiger partial charge < -0.3 is 5.32 Å². The van der Waals surface area contributed by atoms with E-state index in [0.29, 0.717) is 6.42 Å². The third kappa shape index (κ3) is 4.26. The fraction of sp³-hybridized carbons (Fsp3) is 0.583. The van der Waals surface area contributed by atoms with Gasteiger partial charge in [0, 0.05) is 12.5 Å². The van der Waals surface area contributed by atoms with Crippen molar-refractivity contribution in [2.45, 2.75) is 45.6 Å². The molecule has 0 heterocycles. The zero-order valence-corrected chi connectivity index (χ0v) is 9.05. The van der Waals surface area contributed by atoms with Crippen LogP contribution in [0.5, 0.6) is 0 Å². The molecule has 2 heteroatoms. The fourth-order valence-corrected chi connectivity index (χ4v) is 1.51. The first-order valence-corrected chi connectivity index (χ1v) is 5.33. The van der Waals surface area contributed by atoms with Crippen LogP contribution < -0.4 is 5.32 Å². The summed E-state index contributed by atoms with van der Waals surface area (Å²) in [4.78, 5) is 11.3. The van der Waals surface area contributed by atoms with E-state index < -0.39 is 0 Å². The van der Waals surface area contributed by atoms with E-state index in [4.69, 9.17) is 0 Å². The summed E-state index contributed by atoms with van der Waals surface area (Å²) in [5.74, 6) is 0.153. The van der Waals surface area contributed by atoms with Crippen molar-refractivity contribution in [3.63, 3.8) is 0 Å². The minimum atomic E-state index is 0.153. The van der Waals surface area contributed by atoms with Gasteiger partial charge in [0.15, 0.2) is 0 Å². The molecule has 1 aliphatic rings. The number of amides is 1. The Hall–Kier alpha value is -1.05. The van der Waals surface area contributed by atoms with Crippen molar-refractivity contribution in [2.75, 3.05) is 0 Å². The zero-order chi connectivity index (χ0) is 10.4. The first-order valence-electron chi connectivity index (χ1n) is 5.33. The lowest BCUT2D eigenvalue weighted by molar-refractivity contribution is -0.121. The van der Waals surface area contributed by atoms with Gasteiger partial charge in [0.25, 0.3) is 0 Å². The normalized spacial score (nSPS) is 15.5. The maximum Gasteiger partial charge on any atom is 0.220 e. The predicted molar refractivity (Wildman–Crippen MR) is 59.0 cm³/mol. The lowest BCUT2D eigenvalue weighted by Gasteiger charge is -2.09. The Kier molecular flexibility index (Phi) is 4.44. The molecule has 0 spiro atoms. The van der Waals surface area contributed by atoms with Crippen LogP contribution >= 0.6 is 0 Å². The van der Waals surface area contributed by atoms with E-state index in [1.165, 1.54) is 5.57 Å². The van der Waals surface area contributed by atoms with E-state index >= 15 is 0 Å². The highest BCUT2D eigenvalue weighted by atomic mass is 16.1. The fourth-order valence-electron chi connectivity index (χ4n) is 1.51. The first-order chi connectivity index (χ1) is 6.68. The molecular formula is C12H19NO. The van der Waals surface area contributed by atoms with E-state index in [2.05, 4.69) is 23.5 Å². The molecule has 0 aromatic carbocycles. The predicted octanol–water partition coefficient (Wildman–Crippen LogP) is 2.57. The highest BCUT2D eigenvalue weighted by Crippen LogP contribution is 2.14. The van der Waals surface area contributed by atoms with Gasteiger partial charge in [-0.05, 0) is 33.1 Å². The second-order valence-corrected chi connectivity index (χ2v) is 3.98. The van der Waals surface area contributed by atoms with Gasteiger partial charge in [0.2, 0.25) is 5.91 Å². The van der Waals surface area contributed by atoms with Crippen molar-refractivity contribution in [3.05, 3.63) is 23.8 Å². The Balaban J connectivity index is 2.23. The molecule has 1 rings (SSSR count). The summed E-state index contributed by atoms with van der Waals surface area (Å²) in [5.41, 5.74) is 1.30. The number of hydrogen-bond acceptors (Lipinski definition) is 1. The molecular weight excluding hydrogens is 174 g/mol. The summed E-state index contributed by atoms with van der Waals surface area (Å²) in [7, 11) is 0. The number of hydrogen-bond donors (Lipinski definition) is 1. The third-order valence-corrected chi connectivity index (χ3v) is 2.16. The SMILES string of the molecule is CC(C)NC(=O)CCC1=CCCC=C1. The van der Waals surface area contributed by atoms with Crippen LogP contribution in [0.2, 0.25) is 0 Å². The molecule has 0 fully saturated rings. The van der Waals surface area contributed by atoms with Gasteiger partial charge in [-0.2, -0.15) is 0 Å². The van der Waals surface area contributed by atoms with Gasteiger partial charge in [0.1, 0.15) is 0 Å². The highest BCUT2D eigenvalue weighted by molar-refractivity contribution is 5.76. The molecule has 0 radical (unpaired) electrons. The molecule has 0 aromatic heterocycles. The lowest BCUT2D eigenvalue weighted by Crippen LogP contribution is -2.29. The number of allylic oxidation sites excluding steroid dienone is 4. The van der Waals surface area contributed by atoms with Gasteiger partial charge in [-0.3, -0.25) is 4.79 Å². The summed E-state index contributed by atoms with van der Waals surface area (Å²) in [6, 6.07) is 0.248. The van der Waals surface area contributed by atoms with Crippen LogP contribution in [-0.2, 0) is 4.79 Å². The summed E-state index contributed by atoms with van der Waals surface area (Å²) >= 11 is 0. The second-order valence-electron chi connectivity index (χ2n) is 3.98. The van der Waals surface area contributed by atoms with E-state index in [1.54, 1.807) is 0 Å². The lowest BCUT2D eigenvalue weighted by atomic mass is 10.0.